The Morgan fingerprint density at radius 3 is 2.48 bits per heavy atom. The smallest absolute Gasteiger partial charge is 0.248 e. The minimum Gasteiger partial charge on any atom is -0.487 e. The predicted octanol–water partition coefficient (Wildman–Crippen LogP) is 3.47. The highest BCUT2D eigenvalue weighted by molar-refractivity contribution is 5.77. The van der Waals surface area contributed by atoms with Crippen LogP contribution in [0.4, 0.5) is 8.78 Å². The Bertz CT molecular complexity index is 808. The van der Waals surface area contributed by atoms with Gasteiger partial charge in [0, 0.05) is 32.8 Å². The van der Waals surface area contributed by atoms with Gasteiger partial charge < -0.3 is 19.5 Å². The Labute approximate surface area is 195 Å². The Hall–Kier alpha value is -1.77. The Morgan fingerprint density at radius 2 is 1.85 bits per heavy atom. The molecule has 6 nitrogen and oxygen atoms in total. The molecule has 1 aromatic carbocycles. The largest absolute Gasteiger partial charge is 0.487 e. The average Bonchev–Trinajstić information content (AvgIpc) is 2.94. The number of hydrogen-bond donors (Lipinski definition) is 1. The second-order valence-electron chi connectivity index (χ2n) is 10.7. The number of nitrogens with zero attached hydrogens (tertiary/aromatic N) is 2. The Kier molecular flexibility index (Phi) is 8.35. The average molecular weight is 469 g/mol. The molecule has 0 radical (unpaired) electrons. The van der Waals surface area contributed by atoms with Crippen molar-refractivity contribution in [3.05, 3.63) is 29.8 Å². The van der Waals surface area contributed by atoms with Crippen molar-refractivity contribution in [1.82, 2.24) is 9.80 Å². The van der Waals surface area contributed by atoms with E-state index in [9.17, 15) is 18.7 Å². The number of aliphatic hydroxyl groups is 1. The number of carbonyl (C=O) groups excluding carboxylic acids is 1. The first-order valence-corrected chi connectivity index (χ1v) is 11.8. The molecule has 1 aromatic rings. The van der Waals surface area contributed by atoms with Crippen LogP contribution in [-0.2, 0) is 9.53 Å². The third kappa shape index (κ3) is 6.64. The van der Waals surface area contributed by atoms with E-state index >= 15 is 0 Å². The van der Waals surface area contributed by atoms with Crippen molar-refractivity contribution in [3.8, 4) is 5.75 Å². The monoisotopic (exact) mass is 468 g/mol. The van der Waals surface area contributed by atoms with Crippen LogP contribution in [0.2, 0.25) is 0 Å². The number of halogens is 2. The van der Waals surface area contributed by atoms with Crippen molar-refractivity contribution >= 4 is 5.91 Å². The maximum absolute atomic E-state index is 14.1. The fraction of sp³-hybridized carbons (Fsp3) is 0.720. The van der Waals surface area contributed by atoms with Crippen molar-refractivity contribution in [2.24, 2.45) is 11.3 Å². The summed E-state index contributed by atoms with van der Waals surface area (Å²) >= 11 is 0. The van der Waals surface area contributed by atoms with Crippen LogP contribution >= 0.6 is 0 Å². The van der Waals surface area contributed by atoms with E-state index in [-0.39, 0.29) is 36.8 Å². The topological polar surface area (TPSA) is 62.2 Å². The lowest BCUT2D eigenvalue weighted by Gasteiger charge is -2.42. The molecule has 1 aliphatic heterocycles. The molecule has 0 aromatic heterocycles. The molecule has 2 aliphatic rings. The second-order valence-corrected chi connectivity index (χ2v) is 10.7. The Balaban J connectivity index is 1.74. The number of hydrogen-bond acceptors (Lipinski definition) is 5. The molecule has 186 valence electrons. The minimum atomic E-state index is -1.43. The van der Waals surface area contributed by atoms with Gasteiger partial charge in [-0.25, -0.2) is 4.39 Å². The van der Waals surface area contributed by atoms with E-state index in [0.717, 1.165) is 31.7 Å². The number of methoxy groups -OCH3 is 1. The first-order chi connectivity index (χ1) is 15.5. The van der Waals surface area contributed by atoms with E-state index in [4.69, 9.17) is 9.47 Å². The summed E-state index contributed by atoms with van der Waals surface area (Å²) in [6.07, 6.45) is 4.31. The summed E-state index contributed by atoms with van der Waals surface area (Å²) in [5.74, 6) is -1.89. The lowest BCUT2D eigenvalue weighted by atomic mass is 9.71. The van der Waals surface area contributed by atoms with E-state index in [0.29, 0.717) is 31.6 Å². The van der Waals surface area contributed by atoms with E-state index in [1.54, 1.807) is 4.90 Å². The summed E-state index contributed by atoms with van der Waals surface area (Å²) in [7, 11) is 1.46. The fourth-order valence-corrected chi connectivity index (χ4v) is 5.14. The molecule has 1 aliphatic carbocycles. The molecule has 1 heterocycles. The quantitative estimate of drug-likeness (QED) is 0.693. The van der Waals surface area contributed by atoms with Gasteiger partial charge in [-0.05, 0) is 49.1 Å². The van der Waals surface area contributed by atoms with Gasteiger partial charge in [-0.15, -0.1) is 0 Å². The molecule has 3 rings (SSSR count). The number of carbonyl (C=O) groups is 1. The zero-order valence-corrected chi connectivity index (χ0v) is 20.3. The molecule has 0 spiro atoms. The van der Waals surface area contributed by atoms with Crippen LogP contribution in [0.1, 0.15) is 46.5 Å². The maximum atomic E-state index is 14.1. The summed E-state index contributed by atoms with van der Waals surface area (Å²) in [4.78, 5) is 16.4. The third-order valence-corrected chi connectivity index (χ3v) is 7.11. The van der Waals surface area contributed by atoms with Crippen LogP contribution in [-0.4, -0.2) is 79.0 Å². The van der Waals surface area contributed by atoms with Crippen LogP contribution in [0, 0.1) is 23.0 Å². The van der Waals surface area contributed by atoms with Gasteiger partial charge in [0.1, 0.15) is 18.8 Å². The highest BCUT2D eigenvalue weighted by Gasteiger charge is 2.41. The van der Waals surface area contributed by atoms with Crippen molar-refractivity contribution in [3.63, 3.8) is 0 Å². The van der Waals surface area contributed by atoms with E-state index in [2.05, 4.69) is 25.7 Å². The molecule has 33 heavy (non-hydrogen) atoms. The summed E-state index contributed by atoms with van der Waals surface area (Å²) in [6, 6.07) is 4.01. The van der Waals surface area contributed by atoms with Crippen molar-refractivity contribution in [1.29, 1.82) is 0 Å². The number of rotatable bonds is 6. The van der Waals surface area contributed by atoms with Gasteiger partial charge in [-0.3, -0.25) is 9.69 Å². The molecule has 1 saturated carbocycles. The first-order valence-electron chi connectivity index (χ1n) is 11.8. The minimum absolute atomic E-state index is 0.0416. The summed E-state index contributed by atoms with van der Waals surface area (Å²) in [6.45, 7) is 7.96. The molecule has 0 bridgehead atoms. The molecule has 1 unspecified atom stereocenters. The highest BCUT2D eigenvalue weighted by Crippen LogP contribution is 2.39. The number of benzene rings is 1. The zero-order chi connectivity index (χ0) is 24.2. The van der Waals surface area contributed by atoms with Crippen LogP contribution in [0.25, 0.3) is 0 Å². The third-order valence-electron chi connectivity index (χ3n) is 7.11. The molecule has 2 fully saturated rings. The van der Waals surface area contributed by atoms with Gasteiger partial charge in [0.25, 0.3) is 0 Å². The van der Waals surface area contributed by atoms with Gasteiger partial charge in [-0.2, -0.15) is 4.39 Å². The highest BCUT2D eigenvalue weighted by atomic mass is 19.2. The maximum Gasteiger partial charge on any atom is 0.248 e. The van der Waals surface area contributed by atoms with Gasteiger partial charge in [0.2, 0.25) is 11.7 Å². The molecule has 1 amide bonds. The van der Waals surface area contributed by atoms with Crippen LogP contribution in [0.3, 0.4) is 0 Å². The van der Waals surface area contributed by atoms with E-state index < -0.39 is 17.2 Å². The molecular weight excluding hydrogens is 430 g/mol. The van der Waals surface area contributed by atoms with E-state index in [1.807, 2.05) is 0 Å². The van der Waals surface area contributed by atoms with Crippen molar-refractivity contribution in [2.45, 2.75) is 58.1 Å². The molecule has 1 atom stereocenters. The zero-order valence-electron chi connectivity index (χ0n) is 20.3. The fourth-order valence-electron chi connectivity index (χ4n) is 5.14. The number of β-amino-alcohol motifs (C(OH)–C–C–N with tert-alkyl or cyclic N) is 1. The van der Waals surface area contributed by atoms with E-state index in [1.165, 1.54) is 19.2 Å². The van der Waals surface area contributed by atoms with Gasteiger partial charge in [0.05, 0.1) is 6.54 Å². The molecular formula is C25H38F2N2O4. The summed E-state index contributed by atoms with van der Waals surface area (Å²) < 4.78 is 38.2. The summed E-state index contributed by atoms with van der Waals surface area (Å²) in [5, 5.41) is 11.5. The van der Waals surface area contributed by atoms with Gasteiger partial charge >= 0.3 is 0 Å². The lowest BCUT2D eigenvalue weighted by Crippen LogP contribution is -2.54. The number of ether oxygens (including phenoxy) is 2. The van der Waals surface area contributed by atoms with Gasteiger partial charge in [0.15, 0.2) is 11.6 Å². The standard InChI is InChI=1S/C25H38F2N2O4/c1-24(2,3)18-8-10-19(11-9-18)28-12-13-29(22(30)14-32-4)16-25(31,15-28)17-33-21-7-5-6-20(26)23(21)27/h5-7,18-19,31H,8-17H2,1-4H3. The molecule has 8 heteroatoms. The Morgan fingerprint density at radius 1 is 1.15 bits per heavy atom. The van der Waals surface area contributed by atoms with Crippen LogP contribution in [0.5, 0.6) is 5.75 Å². The SMILES string of the molecule is COCC(=O)N1CCN(C2CCC(C(C)(C)C)CC2)CC(O)(COc2cccc(F)c2F)C1. The van der Waals surface area contributed by atoms with Crippen LogP contribution < -0.4 is 4.74 Å². The van der Waals surface area contributed by atoms with Gasteiger partial charge in [-0.1, -0.05) is 26.8 Å². The second kappa shape index (κ2) is 10.7. The normalized spacial score (nSPS) is 27.3. The molecule has 1 saturated heterocycles. The predicted molar refractivity (Wildman–Crippen MR) is 122 cm³/mol. The number of amides is 1. The lowest BCUT2D eigenvalue weighted by molar-refractivity contribution is -0.138. The van der Waals surface area contributed by atoms with Crippen molar-refractivity contribution in [2.75, 3.05) is 46.5 Å². The first kappa shape index (κ1) is 25.8. The molecule has 1 N–H and O–H groups in total. The van der Waals surface area contributed by atoms with Crippen molar-refractivity contribution < 1.29 is 28.2 Å². The van der Waals surface area contributed by atoms with Crippen LogP contribution in [0.15, 0.2) is 18.2 Å². The summed E-state index contributed by atoms with van der Waals surface area (Å²) in [5.41, 5.74) is -1.16.